The van der Waals surface area contributed by atoms with E-state index in [0.29, 0.717) is 24.7 Å². The topological polar surface area (TPSA) is 35.6 Å². The smallest absolute Gasteiger partial charge is 0.238 e. The minimum Gasteiger partial charge on any atom is -0.325 e. The average molecular weight is 398 g/mol. The number of hydrogen-bond acceptors (Lipinski definition) is 3. The van der Waals surface area contributed by atoms with Crippen molar-refractivity contribution in [3.05, 3.63) is 64.4 Å². The summed E-state index contributed by atoms with van der Waals surface area (Å²) in [6.07, 6.45) is 0. The molecule has 0 unspecified atom stereocenters. The Kier molecular flexibility index (Phi) is 6.36. The summed E-state index contributed by atoms with van der Waals surface area (Å²) in [5.41, 5.74) is 0.958. The fourth-order valence-electron chi connectivity index (χ4n) is 3.03. The standard InChI is InChI=1S/C19H19ClF3N3O/c20-18-10-14(21)2-1-13(18)11-25-3-5-26(6-4-25)12-19(27)24-17-8-15(22)7-16(23)9-17/h1-2,7-10H,3-6,11-12H2,(H,24,27). The maximum Gasteiger partial charge on any atom is 0.238 e. The number of benzene rings is 2. The molecule has 1 aliphatic heterocycles. The molecule has 1 saturated heterocycles. The molecule has 4 nitrogen and oxygen atoms in total. The molecule has 1 aliphatic rings. The molecule has 27 heavy (non-hydrogen) atoms. The molecule has 1 heterocycles. The van der Waals surface area contributed by atoms with E-state index in [0.717, 1.165) is 36.9 Å². The van der Waals surface area contributed by atoms with Crippen molar-refractivity contribution in [3.8, 4) is 0 Å². The lowest BCUT2D eigenvalue weighted by atomic mass is 10.2. The first-order valence-corrected chi connectivity index (χ1v) is 8.91. The van der Waals surface area contributed by atoms with Gasteiger partial charge in [0, 0.05) is 49.5 Å². The number of nitrogens with one attached hydrogen (secondary N) is 1. The fraction of sp³-hybridized carbons (Fsp3) is 0.316. The lowest BCUT2D eigenvalue weighted by Gasteiger charge is -2.34. The number of amides is 1. The predicted molar refractivity (Wildman–Crippen MR) is 98.1 cm³/mol. The van der Waals surface area contributed by atoms with Gasteiger partial charge in [-0.25, -0.2) is 13.2 Å². The molecule has 3 rings (SSSR count). The Hall–Kier alpha value is -2.09. The van der Waals surface area contributed by atoms with Crippen LogP contribution in [-0.2, 0) is 11.3 Å². The van der Waals surface area contributed by atoms with Gasteiger partial charge in [-0.15, -0.1) is 0 Å². The van der Waals surface area contributed by atoms with E-state index >= 15 is 0 Å². The zero-order valence-corrected chi connectivity index (χ0v) is 15.3. The normalized spacial score (nSPS) is 15.7. The molecule has 0 bridgehead atoms. The highest BCUT2D eigenvalue weighted by atomic mass is 35.5. The second-order valence-electron chi connectivity index (χ2n) is 6.49. The Balaban J connectivity index is 1.46. The molecular formula is C19H19ClF3N3O. The van der Waals surface area contributed by atoms with Crippen LogP contribution in [0.2, 0.25) is 5.02 Å². The van der Waals surface area contributed by atoms with Gasteiger partial charge >= 0.3 is 0 Å². The largest absolute Gasteiger partial charge is 0.325 e. The van der Waals surface area contributed by atoms with Crippen LogP contribution in [0.25, 0.3) is 0 Å². The second-order valence-corrected chi connectivity index (χ2v) is 6.90. The number of nitrogens with zero attached hydrogens (tertiary/aromatic N) is 2. The molecule has 0 radical (unpaired) electrons. The molecule has 1 amide bonds. The Bertz CT molecular complexity index is 806. The molecule has 2 aromatic rings. The molecule has 0 aliphatic carbocycles. The van der Waals surface area contributed by atoms with Gasteiger partial charge in [-0.1, -0.05) is 17.7 Å². The van der Waals surface area contributed by atoms with Gasteiger partial charge in [0.15, 0.2) is 0 Å². The van der Waals surface area contributed by atoms with Crippen molar-refractivity contribution >= 4 is 23.2 Å². The van der Waals surface area contributed by atoms with Gasteiger partial charge in [0.2, 0.25) is 5.91 Å². The molecule has 0 atom stereocenters. The van der Waals surface area contributed by atoms with Crippen LogP contribution in [0.15, 0.2) is 36.4 Å². The fourth-order valence-corrected chi connectivity index (χ4v) is 3.25. The second kappa shape index (κ2) is 8.73. The zero-order valence-electron chi connectivity index (χ0n) is 14.5. The Morgan fingerprint density at radius 3 is 2.19 bits per heavy atom. The summed E-state index contributed by atoms with van der Waals surface area (Å²) in [5, 5.41) is 2.91. The molecule has 144 valence electrons. The van der Waals surface area contributed by atoms with Gasteiger partial charge < -0.3 is 5.32 Å². The third-order valence-electron chi connectivity index (χ3n) is 4.39. The summed E-state index contributed by atoms with van der Waals surface area (Å²) in [4.78, 5) is 16.2. The van der Waals surface area contributed by atoms with E-state index in [9.17, 15) is 18.0 Å². The van der Waals surface area contributed by atoms with Crippen molar-refractivity contribution in [1.82, 2.24) is 9.80 Å². The number of carbonyl (C=O) groups excluding carboxylic acids is 1. The number of piperazine rings is 1. The van der Waals surface area contributed by atoms with Crippen molar-refractivity contribution < 1.29 is 18.0 Å². The summed E-state index contributed by atoms with van der Waals surface area (Å²) < 4.78 is 39.5. The van der Waals surface area contributed by atoms with Crippen LogP contribution >= 0.6 is 11.6 Å². The van der Waals surface area contributed by atoms with Gasteiger partial charge in [0.25, 0.3) is 0 Å². The van der Waals surface area contributed by atoms with Crippen molar-refractivity contribution in [2.45, 2.75) is 6.54 Å². The maximum atomic E-state index is 13.2. The molecule has 0 aromatic heterocycles. The van der Waals surface area contributed by atoms with Crippen LogP contribution in [0.3, 0.4) is 0 Å². The quantitative estimate of drug-likeness (QED) is 0.838. The van der Waals surface area contributed by atoms with Crippen LogP contribution in [0, 0.1) is 17.5 Å². The van der Waals surface area contributed by atoms with Crippen LogP contribution in [0.4, 0.5) is 18.9 Å². The van der Waals surface area contributed by atoms with E-state index < -0.39 is 11.6 Å². The van der Waals surface area contributed by atoms with Crippen molar-refractivity contribution in [2.24, 2.45) is 0 Å². The molecule has 2 aromatic carbocycles. The molecule has 0 saturated carbocycles. The zero-order chi connectivity index (χ0) is 19.4. The van der Waals surface area contributed by atoms with E-state index in [-0.39, 0.29) is 24.0 Å². The van der Waals surface area contributed by atoms with Crippen LogP contribution in [-0.4, -0.2) is 48.4 Å². The first-order valence-electron chi connectivity index (χ1n) is 8.53. The summed E-state index contributed by atoms with van der Waals surface area (Å²) in [6, 6.07) is 7.26. The van der Waals surface area contributed by atoms with Crippen LogP contribution in [0.1, 0.15) is 5.56 Å². The monoisotopic (exact) mass is 397 g/mol. The first-order chi connectivity index (χ1) is 12.9. The van der Waals surface area contributed by atoms with Gasteiger partial charge in [-0.2, -0.15) is 0 Å². The highest BCUT2D eigenvalue weighted by molar-refractivity contribution is 6.31. The third-order valence-corrected chi connectivity index (χ3v) is 4.74. The van der Waals surface area contributed by atoms with Crippen molar-refractivity contribution in [1.29, 1.82) is 0 Å². The predicted octanol–water partition coefficient (Wildman–Crippen LogP) is 3.51. The molecule has 8 heteroatoms. The van der Waals surface area contributed by atoms with Gasteiger partial charge in [-0.3, -0.25) is 14.6 Å². The SMILES string of the molecule is O=C(CN1CCN(Cc2ccc(F)cc2Cl)CC1)Nc1cc(F)cc(F)c1. The third kappa shape index (κ3) is 5.69. The van der Waals surface area contributed by atoms with Crippen LogP contribution < -0.4 is 5.32 Å². The van der Waals surface area contributed by atoms with Gasteiger partial charge in [0.1, 0.15) is 17.5 Å². The summed E-state index contributed by atoms with van der Waals surface area (Å²) >= 11 is 6.06. The number of rotatable bonds is 5. The molecule has 1 N–H and O–H groups in total. The van der Waals surface area contributed by atoms with E-state index in [1.54, 1.807) is 6.07 Å². The van der Waals surface area contributed by atoms with E-state index in [1.807, 2.05) is 4.90 Å². The molecule has 1 fully saturated rings. The van der Waals surface area contributed by atoms with E-state index in [1.165, 1.54) is 12.1 Å². The lowest BCUT2D eigenvalue weighted by Crippen LogP contribution is -2.48. The number of anilines is 1. The lowest BCUT2D eigenvalue weighted by molar-refractivity contribution is -0.117. The van der Waals surface area contributed by atoms with E-state index in [4.69, 9.17) is 11.6 Å². The average Bonchev–Trinajstić information content (AvgIpc) is 2.58. The highest BCUT2D eigenvalue weighted by Gasteiger charge is 2.20. The summed E-state index contributed by atoms with van der Waals surface area (Å²) in [7, 11) is 0. The summed E-state index contributed by atoms with van der Waals surface area (Å²) in [6.45, 7) is 3.56. The molecular weight excluding hydrogens is 379 g/mol. The van der Waals surface area contributed by atoms with Gasteiger partial charge in [0.05, 0.1) is 6.54 Å². The highest BCUT2D eigenvalue weighted by Crippen LogP contribution is 2.20. The Labute approximate surface area is 160 Å². The minimum atomic E-state index is -0.738. The maximum absolute atomic E-state index is 13.2. The minimum absolute atomic E-state index is 0.0992. The van der Waals surface area contributed by atoms with Gasteiger partial charge in [-0.05, 0) is 29.8 Å². The first kappa shape index (κ1) is 19.7. The Morgan fingerprint density at radius 2 is 1.56 bits per heavy atom. The van der Waals surface area contributed by atoms with Crippen molar-refractivity contribution in [3.63, 3.8) is 0 Å². The summed E-state index contributed by atoms with van der Waals surface area (Å²) in [5.74, 6) is -2.16. The van der Waals surface area contributed by atoms with E-state index in [2.05, 4.69) is 10.2 Å². The number of halogens is 4. The number of hydrogen-bond donors (Lipinski definition) is 1. The molecule has 0 spiro atoms. The van der Waals surface area contributed by atoms with Crippen molar-refractivity contribution in [2.75, 3.05) is 38.0 Å². The van der Waals surface area contributed by atoms with Crippen LogP contribution in [0.5, 0.6) is 0 Å². The Morgan fingerprint density at radius 1 is 0.926 bits per heavy atom. The number of carbonyl (C=O) groups is 1.